The number of hydrogen-bond donors (Lipinski definition) is 2. The van der Waals surface area contributed by atoms with Gasteiger partial charge in [-0.25, -0.2) is 13.1 Å². The number of thiophene rings is 1. The van der Waals surface area contributed by atoms with Gasteiger partial charge in [-0.3, -0.25) is 4.79 Å². The largest absolute Gasteiger partial charge is 0.341 e. The zero-order valence-electron chi connectivity index (χ0n) is 11.6. The average molecular weight is 352 g/mol. The number of nitrogens with one attached hydrogen (secondary N) is 2. The summed E-state index contributed by atoms with van der Waals surface area (Å²) in [6.07, 6.45) is 0.944. The molecule has 0 aromatic carbocycles. The minimum absolute atomic E-state index is 0.120. The Labute approximate surface area is 133 Å². The van der Waals surface area contributed by atoms with Gasteiger partial charge in [-0.2, -0.15) is 0 Å². The lowest BCUT2D eigenvalue weighted by Gasteiger charge is -2.16. The molecule has 1 amide bonds. The SMILES string of the molecule is CNCC1CCN(C(=O)CNS(=O)(=O)c2ccc(Cl)s2)C1. The summed E-state index contributed by atoms with van der Waals surface area (Å²) in [4.78, 5) is 13.7. The normalized spacial score (nSPS) is 19.1. The second-order valence-electron chi connectivity index (χ2n) is 4.94. The molecule has 0 aliphatic carbocycles. The van der Waals surface area contributed by atoms with E-state index in [9.17, 15) is 13.2 Å². The lowest BCUT2D eigenvalue weighted by molar-refractivity contribution is -0.129. The van der Waals surface area contributed by atoms with Crippen molar-refractivity contribution in [3.8, 4) is 0 Å². The predicted molar refractivity (Wildman–Crippen MR) is 83.1 cm³/mol. The molecule has 0 bridgehead atoms. The molecule has 1 aromatic heterocycles. The third kappa shape index (κ3) is 4.40. The molecule has 21 heavy (non-hydrogen) atoms. The Morgan fingerprint density at radius 3 is 2.90 bits per heavy atom. The molecule has 2 rings (SSSR count). The maximum absolute atomic E-state index is 12.0. The minimum atomic E-state index is -3.66. The van der Waals surface area contributed by atoms with Crippen molar-refractivity contribution < 1.29 is 13.2 Å². The first-order chi connectivity index (χ1) is 9.92. The average Bonchev–Trinajstić information content (AvgIpc) is 3.06. The summed E-state index contributed by atoms with van der Waals surface area (Å²) in [6, 6.07) is 2.95. The standard InChI is InChI=1S/C12H18ClN3O3S2/c1-14-6-9-4-5-16(8-9)11(17)7-15-21(18,19)12-3-2-10(13)20-12/h2-3,9,14-15H,4-8H2,1H3. The van der Waals surface area contributed by atoms with E-state index in [0.717, 1.165) is 24.3 Å². The maximum Gasteiger partial charge on any atom is 0.250 e. The number of likely N-dealkylation sites (tertiary alicyclic amines) is 1. The number of halogens is 1. The molecule has 1 atom stereocenters. The molecule has 1 unspecified atom stereocenters. The van der Waals surface area contributed by atoms with E-state index in [2.05, 4.69) is 10.0 Å². The fourth-order valence-corrected chi connectivity index (χ4v) is 4.80. The van der Waals surface area contributed by atoms with Gasteiger partial charge in [-0.05, 0) is 38.1 Å². The summed E-state index contributed by atoms with van der Waals surface area (Å²) in [5, 5.41) is 3.09. The molecular weight excluding hydrogens is 334 g/mol. The van der Waals surface area contributed by atoms with Crippen molar-refractivity contribution >= 4 is 38.9 Å². The van der Waals surface area contributed by atoms with Crippen LogP contribution in [-0.4, -0.2) is 52.5 Å². The van der Waals surface area contributed by atoms with Crippen LogP contribution in [0.25, 0.3) is 0 Å². The Hall–Kier alpha value is -0.670. The highest BCUT2D eigenvalue weighted by atomic mass is 35.5. The van der Waals surface area contributed by atoms with Crippen molar-refractivity contribution in [3.05, 3.63) is 16.5 Å². The van der Waals surface area contributed by atoms with Gasteiger partial charge in [0.15, 0.2) is 0 Å². The van der Waals surface area contributed by atoms with Crippen LogP contribution in [0.15, 0.2) is 16.3 Å². The maximum atomic E-state index is 12.0. The predicted octanol–water partition coefficient (Wildman–Crippen LogP) is 0.748. The first-order valence-corrected chi connectivity index (χ1v) is 9.27. The van der Waals surface area contributed by atoms with E-state index in [0.29, 0.717) is 23.3 Å². The number of rotatable bonds is 6. The Kier molecular flexibility index (Phi) is 5.61. The van der Waals surface area contributed by atoms with Crippen LogP contribution in [0.1, 0.15) is 6.42 Å². The molecule has 1 saturated heterocycles. The smallest absolute Gasteiger partial charge is 0.250 e. The van der Waals surface area contributed by atoms with Gasteiger partial charge in [-0.1, -0.05) is 11.6 Å². The molecule has 6 nitrogen and oxygen atoms in total. The van der Waals surface area contributed by atoms with E-state index in [1.807, 2.05) is 7.05 Å². The van der Waals surface area contributed by atoms with E-state index < -0.39 is 10.0 Å². The molecule has 0 radical (unpaired) electrons. The van der Waals surface area contributed by atoms with Crippen LogP contribution in [0.2, 0.25) is 4.34 Å². The molecule has 1 aliphatic rings. The summed E-state index contributed by atoms with van der Waals surface area (Å²) in [7, 11) is -1.78. The van der Waals surface area contributed by atoms with E-state index in [-0.39, 0.29) is 16.7 Å². The van der Waals surface area contributed by atoms with E-state index in [4.69, 9.17) is 11.6 Å². The summed E-state index contributed by atoms with van der Waals surface area (Å²) < 4.78 is 26.8. The summed E-state index contributed by atoms with van der Waals surface area (Å²) in [6.45, 7) is 2.00. The van der Waals surface area contributed by atoms with Crippen molar-refractivity contribution in [2.24, 2.45) is 5.92 Å². The zero-order valence-corrected chi connectivity index (χ0v) is 14.0. The van der Waals surface area contributed by atoms with Gasteiger partial charge in [0.25, 0.3) is 10.0 Å². The van der Waals surface area contributed by atoms with Crippen LogP contribution < -0.4 is 10.0 Å². The summed E-state index contributed by atoms with van der Waals surface area (Å²) >= 11 is 6.69. The van der Waals surface area contributed by atoms with Crippen LogP contribution in [0, 0.1) is 5.92 Å². The minimum Gasteiger partial charge on any atom is -0.341 e. The molecule has 0 saturated carbocycles. The van der Waals surface area contributed by atoms with Gasteiger partial charge >= 0.3 is 0 Å². The Morgan fingerprint density at radius 2 is 2.29 bits per heavy atom. The fraction of sp³-hybridized carbons (Fsp3) is 0.583. The first-order valence-electron chi connectivity index (χ1n) is 6.60. The highest BCUT2D eigenvalue weighted by Crippen LogP contribution is 2.25. The highest BCUT2D eigenvalue weighted by molar-refractivity contribution is 7.91. The zero-order chi connectivity index (χ0) is 15.5. The van der Waals surface area contributed by atoms with Gasteiger partial charge in [0.05, 0.1) is 10.9 Å². The number of hydrogen-bond acceptors (Lipinski definition) is 5. The van der Waals surface area contributed by atoms with Crippen molar-refractivity contribution in [2.75, 3.05) is 33.2 Å². The van der Waals surface area contributed by atoms with Crippen LogP contribution in [0.3, 0.4) is 0 Å². The second-order valence-corrected chi connectivity index (χ2v) is 8.64. The number of carbonyl (C=O) groups is 1. The van der Waals surface area contributed by atoms with Crippen LogP contribution in [-0.2, 0) is 14.8 Å². The van der Waals surface area contributed by atoms with Crippen molar-refractivity contribution in [2.45, 2.75) is 10.6 Å². The van der Waals surface area contributed by atoms with Crippen LogP contribution in [0.4, 0.5) is 0 Å². The van der Waals surface area contributed by atoms with Gasteiger partial charge < -0.3 is 10.2 Å². The molecule has 1 aliphatic heterocycles. The Bertz CT molecular complexity index is 603. The lowest BCUT2D eigenvalue weighted by Crippen LogP contribution is -2.39. The lowest BCUT2D eigenvalue weighted by atomic mass is 10.1. The number of carbonyl (C=O) groups excluding carboxylic acids is 1. The first kappa shape index (κ1) is 16.7. The monoisotopic (exact) mass is 351 g/mol. The number of sulfonamides is 1. The van der Waals surface area contributed by atoms with Crippen LogP contribution in [0.5, 0.6) is 0 Å². The summed E-state index contributed by atoms with van der Waals surface area (Å²) in [5.74, 6) is 0.242. The summed E-state index contributed by atoms with van der Waals surface area (Å²) in [5.41, 5.74) is 0. The van der Waals surface area contributed by atoms with E-state index >= 15 is 0 Å². The molecule has 118 valence electrons. The third-order valence-electron chi connectivity index (χ3n) is 3.36. The molecule has 2 N–H and O–H groups in total. The number of nitrogens with zero attached hydrogens (tertiary/aromatic N) is 1. The molecule has 2 heterocycles. The molecule has 1 fully saturated rings. The third-order valence-corrected chi connectivity index (χ3v) is 6.48. The Balaban J connectivity index is 1.87. The van der Waals surface area contributed by atoms with Crippen molar-refractivity contribution in [1.29, 1.82) is 0 Å². The molecule has 0 spiro atoms. The van der Waals surface area contributed by atoms with Gasteiger partial charge in [0.2, 0.25) is 5.91 Å². The van der Waals surface area contributed by atoms with Crippen molar-refractivity contribution in [1.82, 2.24) is 14.9 Å². The Morgan fingerprint density at radius 1 is 1.52 bits per heavy atom. The quantitative estimate of drug-likeness (QED) is 0.792. The fourth-order valence-electron chi connectivity index (χ4n) is 2.30. The molecule has 1 aromatic rings. The van der Waals surface area contributed by atoms with Gasteiger partial charge in [-0.15, -0.1) is 11.3 Å². The topological polar surface area (TPSA) is 78.5 Å². The molecule has 9 heteroatoms. The highest BCUT2D eigenvalue weighted by Gasteiger charge is 2.26. The van der Waals surface area contributed by atoms with E-state index in [1.54, 1.807) is 4.90 Å². The van der Waals surface area contributed by atoms with Gasteiger partial charge in [0.1, 0.15) is 4.21 Å². The van der Waals surface area contributed by atoms with Crippen LogP contribution >= 0.6 is 22.9 Å². The van der Waals surface area contributed by atoms with Gasteiger partial charge in [0, 0.05) is 13.1 Å². The van der Waals surface area contributed by atoms with Crippen molar-refractivity contribution in [3.63, 3.8) is 0 Å². The second kappa shape index (κ2) is 7.06. The molecular formula is C12H18ClN3O3S2. The van der Waals surface area contributed by atoms with E-state index in [1.165, 1.54) is 12.1 Å². The number of amides is 1.